The maximum Gasteiger partial charge on any atom is 0.324 e. The topological polar surface area (TPSA) is 97.8 Å². The average Bonchev–Trinajstić information content (AvgIpc) is 3.26. The van der Waals surface area contributed by atoms with E-state index < -0.39 is 19.0 Å². The zero-order valence-electron chi connectivity index (χ0n) is 24.1. The van der Waals surface area contributed by atoms with Crippen molar-refractivity contribution in [3.05, 3.63) is 47.8 Å². The Morgan fingerprint density at radius 1 is 1.21 bits per heavy atom. The maximum atomic E-state index is 13.8. The lowest BCUT2D eigenvalue weighted by atomic mass is 9.47. The predicted molar refractivity (Wildman–Crippen MR) is 153 cm³/mol. The summed E-state index contributed by atoms with van der Waals surface area (Å²) in [5.41, 5.74) is 3.17. The Bertz CT molecular complexity index is 1200. The van der Waals surface area contributed by atoms with Crippen LogP contribution in [0, 0.1) is 28.6 Å². The highest BCUT2D eigenvalue weighted by atomic mass is 31.2. The molecule has 8 heteroatoms. The van der Waals surface area contributed by atoms with E-state index >= 15 is 0 Å². The van der Waals surface area contributed by atoms with E-state index in [1.165, 1.54) is 36.7 Å². The third-order valence-electron chi connectivity index (χ3n) is 10.8. The summed E-state index contributed by atoms with van der Waals surface area (Å²) < 4.78 is 25.3. The number of hydrogen-bond acceptors (Lipinski definition) is 5. The predicted octanol–water partition coefficient (Wildman–Crippen LogP) is 7.06. The zero-order valence-corrected chi connectivity index (χ0v) is 25.0. The van der Waals surface area contributed by atoms with Crippen LogP contribution in [0.15, 0.2) is 42.3 Å². The molecule has 1 aromatic heterocycles. The Morgan fingerprint density at radius 3 is 2.64 bits per heavy atom. The van der Waals surface area contributed by atoms with E-state index in [-0.39, 0.29) is 29.7 Å². The first-order chi connectivity index (χ1) is 18.5. The van der Waals surface area contributed by atoms with Crippen molar-refractivity contribution in [2.45, 2.75) is 90.7 Å². The molecule has 2 N–H and O–H groups in total. The van der Waals surface area contributed by atoms with Gasteiger partial charge < -0.3 is 14.4 Å². The summed E-state index contributed by atoms with van der Waals surface area (Å²) in [6.07, 6.45) is 15.9. The van der Waals surface area contributed by atoms with Gasteiger partial charge in [0, 0.05) is 19.5 Å². The molecule has 0 amide bonds. The lowest BCUT2D eigenvalue weighted by Gasteiger charge is -2.58. The van der Waals surface area contributed by atoms with Crippen LogP contribution in [0.1, 0.15) is 84.6 Å². The van der Waals surface area contributed by atoms with Gasteiger partial charge >= 0.3 is 5.97 Å². The van der Waals surface area contributed by atoms with Crippen LogP contribution in [-0.2, 0) is 18.6 Å². The Labute approximate surface area is 233 Å². The molecule has 214 valence electrons. The number of rotatable bonds is 9. The molecule has 0 aliphatic heterocycles. The van der Waals surface area contributed by atoms with Crippen molar-refractivity contribution in [3.8, 4) is 0 Å². The van der Waals surface area contributed by atoms with Gasteiger partial charge in [0.05, 0.1) is 6.10 Å². The summed E-state index contributed by atoms with van der Waals surface area (Å²) in [6, 6.07) is 4.25. The van der Waals surface area contributed by atoms with Crippen LogP contribution < -0.4 is 5.09 Å². The molecule has 39 heavy (non-hydrogen) atoms. The number of allylic oxidation sites excluding steroid dienone is 3. The molecule has 8 atom stereocenters. The highest BCUT2D eigenvalue weighted by molar-refractivity contribution is 7.56. The van der Waals surface area contributed by atoms with E-state index in [0.29, 0.717) is 17.8 Å². The second kappa shape index (κ2) is 10.6. The van der Waals surface area contributed by atoms with Gasteiger partial charge in [0.25, 0.3) is 7.52 Å². The number of ether oxygens (including phenoxy) is 1. The molecule has 2 saturated carbocycles. The smallest absolute Gasteiger partial charge is 0.324 e. The standard InChI is InChI=1S/C31H45N2O5P/c1-6-31(4,28(34)35)33-39(36,20-37-5)38-23-13-15-29(2)22(18-23)9-10-24-26-12-11-25(21-8-7-17-32-19-21)30(26,3)16-14-27(24)29/h7-9,11,17,19,23-24,26-27H,6,10,12-16,18,20H2,1-5H3,(H,33,36)(H,34,35)/t23-,24-,26-,27-,29-,30+,31?,39?/m0/s1. The Kier molecular flexibility index (Phi) is 7.78. The molecule has 2 unspecified atom stereocenters. The molecule has 7 nitrogen and oxygen atoms in total. The molecule has 0 saturated heterocycles. The van der Waals surface area contributed by atoms with Crippen LogP contribution in [0.4, 0.5) is 0 Å². The fourth-order valence-electron chi connectivity index (χ4n) is 8.41. The molecule has 0 aromatic carbocycles. The van der Waals surface area contributed by atoms with Gasteiger partial charge in [0.1, 0.15) is 11.9 Å². The van der Waals surface area contributed by atoms with E-state index in [1.54, 1.807) is 13.8 Å². The molecule has 1 aromatic rings. The minimum Gasteiger partial charge on any atom is -0.480 e. The quantitative estimate of drug-likeness (QED) is 0.248. The number of hydrogen-bond donors (Lipinski definition) is 2. The average molecular weight is 557 g/mol. The van der Waals surface area contributed by atoms with Gasteiger partial charge in [-0.1, -0.05) is 44.6 Å². The second-order valence-electron chi connectivity index (χ2n) is 13.0. The normalized spacial score (nSPS) is 36.8. The number of methoxy groups -OCH3 is 1. The van der Waals surface area contributed by atoms with Gasteiger partial charge in [0.15, 0.2) is 0 Å². The van der Waals surface area contributed by atoms with E-state index in [9.17, 15) is 14.5 Å². The first kappa shape index (κ1) is 28.7. The molecule has 0 spiro atoms. The number of nitrogens with one attached hydrogen (secondary N) is 1. The zero-order chi connectivity index (χ0) is 28.1. The van der Waals surface area contributed by atoms with Crippen LogP contribution in [0.2, 0.25) is 0 Å². The van der Waals surface area contributed by atoms with Gasteiger partial charge in [-0.3, -0.25) is 14.3 Å². The fourth-order valence-corrected chi connectivity index (χ4v) is 10.6. The molecule has 2 fully saturated rings. The summed E-state index contributed by atoms with van der Waals surface area (Å²) >= 11 is 0. The highest BCUT2D eigenvalue weighted by Crippen LogP contribution is 2.66. The van der Waals surface area contributed by atoms with Gasteiger partial charge in [-0.05, 0) is 104 Å². The molecular weight excluding hydrogens is 511 g/mol. The van der Waals surface area contributed by atoms with Crippen molar-refractivity contribution in [2.75, 3.05) is 13.5 Å². The summed E-state index contributed by atoms with van der Waals surface area (Å²) in [4.78, 5) is 16.3. The van der Waals surface area contributed by atoms with Crippen molar-refractivity contribution < 1.29 is 23.7 Å². The van der Waals surface area contributed by atoms with Crippen LogP contribution in [0.3, 0.4) is 0 Å². The molecule has 4 aliphatic carbocycles. The number of nitrogens with zero attached hydrogens (tertiary/aromatic N) is 1. The first-order valence-corrected chi connectivity index (χ1v) is 16.4. The number of aliphatic carboxylic acids is 1. The summed E-state index contributed by atoms with van der Waals surface area (Å²) in [5.74, 6) is 0.892. The monoisotopic (exact) mass is 556 g/mol. The van der Waals surface area contributed by atoms with Gasteiger partial charge in [-0.25, -0.2) is 5.09 Å². The molecule has 0 radical (unpaired) electrons. The highest BCUT2D eigenvalue weighted by Gasteiger charge is 2.57. The molecule has 5 rings (SSSR count). The SMILES string of the molecule is CCC(C)(NP(=O)(COC)O[C@H]1CC[C@@]2(C)C(=CC[C@@H]3[C@@H]2CC[C@]2(C)C(c4cccnc4)=CC[C@@H]32)C1)C(=O)O. The first-order valence-electron chi connectivity index (χ1n) is 14.6. The van der Waals surface area contributed by atoms with E-state index in [1.807, 2.05) is 18.5 Å². The lowest BCUT2D eigenvalue weighted by Crippen LogP contribution is -2.50. The number of fused-ring (bicyclic) bond motifs is 5. The van der Waals surface area contributed by atoms with Crippen LogP contribution >= 0.6 is 7.52 Å². The van der Waals surface area contributed by atoms with Crippen molar-refractivity contribution >= 4 is 19.1 Å². The minimum absolute atomic E-state index is 0.124. The Hall–Kier alpha value is -1.79. The van der Waals surface area contributed by atoms with Gasteiger partial charge in [-0.15, -0.1) is 0 Å². The molecular formula is C31H45N2O5P. The second-order valence-corrected chi connectivity index (χ2v) is 15.0. The third-order valence-corrected chi connectivity index (χ3v) is 12.9. The molecule has 1 heterocycles. The number of carboxylic acids is 1. The summed E-state index contributed by atoms with van der Waals surface area (Å²) in [6.45, 7) is 8.25. The van der Waals surface area contributed by atoms with E-state index in [0.717, 1.165) is 32.1 Å². The molecule has 0 bridgehead atoms. The van der Waals surface area contributed by atoms with Gasteiger partial charge in [0.2, 0.25) is 0 Å². The largest absolute Gasteiger partial charge is 0.480 e. The number of carboxylic acid groups (broad SMARTS) is 1. The summed E-state index contributed by atoms with van der Waals surface area (Å²) in [5, 5.41) is 12.6. The van der Waals surface area contributed by atoms with Crippen molar-refractivity contribution in [1.29, 1.82) is 0 Å². The number of pyridine rings is 1. The van der Waals surface area contributed by atoms with Crippen LogP contribution in [-0.4, -0.2) is 41.2 Å². The van der Waals surface area contributed by atoms with Crippen molar-refractivity contribution in [1.82, 2.24) is 10.1 Å². The van der Waals surface area contributed by atoms with Crippen LogP contribution in [0.5, 0.6) is 0 Å². The number of aromatic nitrogens is 1. The number of carbonyl (C=O) groups is 1. The van der Waals surface area contributed by atoms with E-state index in [2.05, 4.69) is 42.1 Å². The minimum atomic E-state index is -3.53. The van der Waals surface area contributed by atoms with Crippen molar-refractivity contribution in [3.63, 3.8) is 0 Å². The fraction of sp³-hybridized carbons (Fsp3) is 0.677. The van der Waals surface area contributed by atoms with Gasteiger partial charge in [-0.2, -0.15) is 0 Å². The Morgan fingerprint density at radius 2 is 1.97 bits per heavy atom. The van der Waals surface area contributed by atoms with E-state index in [4.69, 9.17) is 9.26 Å². The molecule has 4 aliphatic rings. The summed E-state index contributed by atoms with van der Waals surface area (Å²) in [7, 11) is -2.06. The Balaban J connectivity index is 1.32. The van der Waals surface area contributed by atoms with Crippen LogP contribution in [0.25, 0.3) is 5.57 Å². The lowest BCUT2D eigenvalue weighted by molar-refractivity contribution is -0.143. The maximum absolute atomic E-state index is 13.8. The van der Waals surface area contributed by atoms with Crippen molar-refractivity contribution in [2.24, 2.45) is 28.6 Å². The third kappa shape index (κ3) is 4.98.